The molecule has 3 aromatic carbocycles. The number of imide groups is 1. The van der Waals surface area contributed by atoms with E-state index in [9.17, 15) is 14.4 Å². The lowest BCUT2D eigenvalue weighted by atomic mass is 9.55. The first kappa shape index (κ1) is 18.3. The predicted octanol–water partition coefficient (Wildman–Crippen LogP) is 3.88. The summed E-state index contributed by atoms with van der Waals surface area (Å²) in [6.45, 7) is 0. The monoisotopic (exact) mass is 428 g/mol. The van der Waals surface area contributed by atoms with Crippen LogP contribution >= 0.6 is 11.6 Å². The summed E-state index contributed by atoms with van der Waals surface area (Å²) in [4.78, 5) is 39.6. The normalized spacial score (nSPS) is 25.1. The molecule has 4 aliphatic rings. The lowest BCUT2D eigenvalue weighted by Gasteiger charge is -2.45. The number of hydrogen-bond acceptors (Lipinski definition) is 3. The van der Waals surface area contributed by atoms with E-state index in [0.29, 0.717) is 10.6 Å². The largest absolute Gasteiger partial charge is 0.272 e. The number of halogens is 1. The Balaban J connectivity index is 1.41. The van der Waals surface area contributed by atoms with Crippen molar-refractivity contribution >= 4 is 29.3 Å². The van der Waals surface area contributed by atoms with E-state index in [2.05, 4.69) is 5.43 Å². The standard InChI is InChI=1S/C25H17ClN2O3/c26-14-11-9-13(10-12-14)23(29)27-28-24(30)21-19-15-5-1-2-6-16(15)20(22(21)25(28)31)18-8-4-3-7-17(18)19/h1-12,19-22H,(H,27,29)/t19?,20?,21-,22-/m1/s1. The van der Waals surface area contributed by atoms with Crippen molar-refractivity contribution in [1.82, 2.24) is 10.4 Å². The number of benzene rings is 3. The maximum atomic E-state index is 13.4. The first-order valence-electron chi connectivity index (χ1n) is 10.2. The number of carbonyl (C=O) groups is 3. The fourth-order valence-corrected chi connectivity index (χ4v) is 5.68. The van der Waals surface area contributed by atoms with Crippen molar-refractivity contribution < 1.29 is 14.4 Å². The average molecular weight is 429 g/mol. The smallest absolute Gasteiger partial charge is 0.270 e. The maximum Gasteiger partial charge on any atom is 0.270 e. The second-order valence-electron chi connectivity index (χ2n) is 8.22. The van der Waals surface area contributed by atoms with Gasteiger partial charge in [-0.05, 0) is 46.5 Å². The first-order valence-corrected chi connectivity index (χ1v) is 10.6. The summed E-state index contributed by atoms with van der Waals surface area (Å²) in [5, 5.41) is 1.44. The summed E-state index contributed by atoms with van der Waals surface area (Å²) in [6, 6.07) is 22.4. The van der Waals surface area contributed by atoms with Crippen molar-refractivity contribution in [3.8, 4) is 0 Å². The van der Waals surface area contributed by atoms with Crippen LogP contribution in [0.2, 0.25) is 5.02 Å². The second kappa shape index (κ2) is 6.53. The molecule has 0 aromatic heterocycles. The number of carbonyl (C=O) groups excluding carboxylic acids is 3. The molecule has 1 N–H and O–H groups in total. The van der Waals surface area contributed by atoms with E-state index >= 15 is 0 Å². The number of rotatable bonds is 2. The van der Waals surface area contributed by atoms with Gasteiger partial charge in [-0.25, -0.2) is 0 Å². The molecule has 1 fully saturated rings. The summed E-state index contributed by atoms with van der Waals surface area (Å²) in [6.07, 6.45) is 0. The molecule has 1 saturated heterocycles. The van der Waals surface area contributed by atoms with Crippen molar-refractivity contribution in [2.24, 2.45) is 11.8 Å². The van der Waals surface area contributed by atoms with E-state index < -0.39 is 17.7 Å². The summed E-state index contributed by atoms with van der Waals surface area (Å²) in [5.74, 6) is -2.65. The summed E-state index contributed by atoms with van der Waals surface area (Å²) in [5.41, 5.74) is 7.26. The molecule has 3 aliphatic carbocycles. The molecule has 2 bridgehead atoms. The van der Waals surface area contributed by atoms with Crippen LogP contribution in [-0.4, -0.2) is 22.7 Å². The lowest BCUT2D eigenvalue weighted by Crippen LogP contribution is -2.46. The van der Waals surface area contributed by atoms with Gasteiger partial charge >= 0.3 is 0 Å². The Kier molecular flexibility index (Phi) is 3.86. The Morgan fingerprint density at radius 2 is 1.13 bits per heavy atom. The highest BCUT2D eigenvalue weighted by atomic mass is 35.5. The van der Waals surface area contributed by atoms with E-state index in [4.69, 9.17) is 11.6 Å². The van der Waals surface area contributed by atoms with Crippen LogP contribution in [0, 0.1) is 11.8 Å². The molecule has 31 heavy (non-hydrogen) atoms. The van der Waals surface area contributed by atoms with Crippen molar-refractivity contribution in [3.63, 3.8) is 0 Å². The van der Waals surface area contributed by atoms with Gasteiger partial charge in [0.15, 0.2) is 0 Å². The van der Waals surface area contributed by atoms with Crippen molar-refractivity contribution in [3.05, 3.63) is 106 Å². The molecule has 0 radical (unpaired) electrons. The van der Waals surface area contributed by atoms with Crippen LogP contribution in [0.3, 0.4) is 0 Å². The fourth-order valence-electron chi connectivity index (χ4n) is 5.55. The Labute approximate surface area is 183 Å². The Morgan fingerprint density at radius 1 is 0.710 bits per heavy atom. The molecule has 0 unspecified atom stereocenters. The van der Waals surface area contributed by atoms with Gasteiger partial charge in [0.2, 0.25) is 0 Å². The number of hydrogen-bond donors (Lipinski definition) is 1. The molecule has 3 amide bonds. The zero-order chi connectivity index (χ0) is 21.3. The van der Waals surface area contributed by atoms with Crippen molar-refractivity contribution in [2.75, 3.05) is 0 Å². The molecule has 0 spiro atoms. The second-order valence-corrected chi connectivity index (χ2v) is 8.66. The molecule has 1 heterocycles. The quantitative estimate of drug-likeness (QED) is 0.630. The minimum atomic E-state index is -0.521. The fraction of sp³-hybridized carbons (Fsp3) is 0.160. The molecular formula is C25H17ClN2O3. The Hall–Kier alpha value is -3.44. The van der Waals surface area contributed by atoms with Crippen LogP contribution in [0.4, 0.5) is 0 Å². The zero-order valence-electron chi connectivity index (χ0n) is 16.3. The molecule has 3 aromatic rings. The van der Waals surface area contributed by atoms with Crippen molar-refractivity contribution in [2.45, 2.75) is 11.8 Å². The topological polar surface area (TPSA) is 66.5 Å². The highest BCUT2D eigenvalue weighted by Crippen LogP contribution is 2.60. The molecular weight excluding hydrogens is 412 g/mol. The molecule has 6 heteroatoms. The van der Waals surface area contributed by atoms with Crippen molar-refractivity contribution in [1.29, 1.82) is 0 Å². The predicted molar refractivity (Wildman–Crippen MR) is 114 cm³/mol. The Morgan fingerprint density at radius 3 is 1.55 bits per heavy atom. The summed E-state index contributed by atoms with van der Waals surface area (Å²) in [7, 11) is 0. The van der Waals surface area contributed by atoms with Gasteiger partial charge in [0.05, 0.1) is 11.8 Å². The third-order valence-electron chi connectivity index (χ3n) is 6.77. The van der Waals surface area contributed by atoms with E-state index in [0.717, 1.165) is 27.3 Å². The van der Waals surface area contributed by atoms with Gasteiger partial charge in [-0.2, -0.15) is 5.01 Å². The van der Waals surface area contributed by atoms with Gasteiger partial charge < -0.3 is 0 Å². The molecule has 152 valence electrons. The molecule has 1 aliphatic heterocycles. The van der Waals surface area contributed by atoms with E-state index in [1.54, 1.807) is 24.3 Å². The van der Waals surface area contributed by atoms with E-state index in [-0.39, 0.29) is 23.7 Å². The number of nitrogens with zero attached hydrogens (tertiary/aromatic N) is 1. The van der Waals surface area contributed by atoms with Gasteiger partial charge in [-0.15, -0.1) is 0 Å². The van der Waals surface area contributed by atoms with Gasteiger partial charge in [0.1, 0.15) is 0 Å². The van der Waals surface area contributed by atoms with Crippen LogP contribution < -0.4 is 5.43 Å². The minimum absolute atomic E-state index is 0.198. The van der Waals surface area contributed by atoms with Gasteiger partial charge in [-0.1, -0.05) is 60.1 Å². The third-order valence-corrected chi connectivity index (χ3v) is 7.02. The minimum Gasteiger partial charge on any atom is -0.272 e. The molecule has 7 rings (SSSR count). The molecule has 2 atom stereocenters. The van der Waals surface area contributed by atoms with E-state index in [1.165, 1.54) is 0 Å². The number of nitrogens with one attached hydrogen (secondary N) is 1. The first-order chi connectivity index (χ1) is 15.1. The Bertz CT molecular complexity index is 1150. The molecule has 5 nitrogen and oxygen atoms in total. The number of hydrazine groups is 1. The van der Waals surface area contributed by atoms with Crippen LogP contribution in [0.15, 0.2) is 72.8 Å². The van der Waals surface area contributed by atoms with Gasteiger partial charge in [0, 0.05) is 22.4 Å². The maximum absolute atomic E-state index is 13.4. The SMILES string of the molecule is O=C(NN1C(=O)[C@@H]2C3c4ccccc4C(c4ccccc43)[C@H]2C1=O)c1ccc(Cl)cc1. The summed E-state index contributed by atoms with van der Waals surface area (Å²) < 4.78 is 0. The number of amides is 3. The van der Waals surface area contributed by atoms with Crippen LogP contribution in [0.5, 0.6) is 0 Å². The van der Waals surface area contributed by atoms with Gasteiger partial charge in [-0.3, -0.25) is 19.8 Å². The zero-order valence-corrected chi connectivity index (χ0v) is 17.0. The third kappa shape index (κ3) is 2.47. The van der Waals surface area contributed by atoms with Crippen LogP contribution in [0.1, 0.15) is 44.4 Å². The molecule has 0 saturated carbocycles. The van der Waals surface area contributed by atoms with Crippen LogP contribution in [-0.2, 0) is 9.59 Å². The van der Waals surface area contributed by atoms with Crippen LogP contribution in [0.25, 0.3) is 0 Å². The summed E-state index contributed by atoms with van der Waals surface area (Å²) >= 11 is 5.89. The van der Waals surface area contributed by atoms with E-state index in [1.807, 2.05) is 48.5 Å². The average Bonchev–Trinajstić information content (AvgIpc) is 3.05. The highest BCUT2D eigenvalue weighted by Gasteiger charge is 2.62. The van der Waals surface area contributed by atoms with Gasteiger partial charge in [0.25, 0.3) is 17.7 Å². The lowest BCUT2D eigenvalue weighted by molar-refractivity contribution is -0.142. The highest BCUT2D eigenvalue weighted by molar-refractivity contribution is 6.30.